The Balaban J connectivity index is 1.57. The molecule has 1 amide bonds. The molecule has 5 nitrogen and oxygen atoms in total. The highest BCUT2D eigenvalue weighted by Gasteiger charge is 2.15. The second-order valence-corrected chi connectivity index (χ2v) is 8.12. The third-order valence-electron chi connectivity index (χ3n) is 4.76. The second kappa shape index (κ2) is 8.55. The number of carbonyl (C=O) groups is 1. The van der Waals surface area contributed by atoms with E-state index in [2.05, 4.69) is 16.4 Å². The lowest BCUT2D eigenvalue weighted by Crippen LogP contribution is -2.26. The SMILES string of the molecule is Cc1cc(C)cc(NC(=O)c2cccnc2SCc2cc[n+]([O-])c3ccccc23)c1. The fraction of sp³-hybridized carbons (Fsp3) is 0.125. The first kappa shape index (κ1) is 19.9. The molecule has 2 aromatic carbocycles. The van der Waals surface area contributed by atoms with Crippen LogP contribution >= 0.6 is 11.8 Å². The average Bonchev–Trinajstić information content (AvgIpc) is 2.73. The number of anilines is 1. The van der Waals surface area contributed by atoms with E-state index >= 15 is 0 Å². The molecule has 0 saturated heterocycles. The van der Waals surface area contributed by atoms with Gasteiger partial charge in [-0.1, -0.05) is 18.2 Å². The minimum absolute atomic E-state index is 0.189. The molecule has 0 aliphatic rings. The van der Waals surface area contributed by atoms with E-state index in [1.54, 1.807) is 24.4 Å². The Morgan fingerprint density at radius 3 is 2.63 bits per heavy atom. The number of hydrogen-bond acceptors (Lipinski definition) is 4. The molecular formula is C24H21N3O2S. The molecule has 6 heteroatoms. The van der Waals surface area contributed by atoms with Gasteiger partial charge >= 0.3 is 0 Å². The summed E-state index contributed by atoms with van der Waals surface area (Å²) < 4.78 is 0.868. The largest absolute Gasteiger partial charge is 0.618 e. The molecular weight excluding hydrogens is 394 g/mol. The van der Waals surface area contributed by atoms with Gasteiger partial charge < -0.3 is 10.5 Å². The van der Waals surface area contributed by atoms with Gasteiger partial charge in [0.05, 0.1) is 10.9 Å². The van der Waals surface area contributed by atoms with E-state index in [9.17, 15) is 10.0 Å². The predicted molar refractivity (Wildman–Crippen MR) is 121 cm³/mol. The maximum absolute atomic E-state index is 12.9. The summed E-state index contributed by atoms with van der Waals surface area (Å²) in [4.78, 5) is 17.3. The highest BCUT2D eigenvalue weighted by Crippen LogP contribution is 2.28. The van der Waals surface area contributed by atoms with Gasteiger partial charge in [-0.2, -0.15) is 4.73 Å². The fourth-order valence-corrected chi connectivity index (χ4v) is 4.46. The van der Waals surface area contributed by atoms with E-state index in [4.69, 9.17) is 0 Å². The summed E-state index contributed by atoms with van der Waals surface area (Å²) in [6.07, 6.45) is 3.20. The number of fused-ring (bicyclic) bond motifs is 1. The number of thioether (sulfide) groups is 1. The summed E-state index contributed by atoms with van der Waals surface area (Å²) in [5.74, 6) is 0.410. The van der Waals surface area contributed by atoms with Crippen molar-refractivity contribution >= 4 is 34.3 Å². The van der Waals surface area contributed by atoms with E-state index in [0.29, 0.717) is 21.9 Å². The highest BCUT2D eigenvalue weighted by molar-refractivity contribution is 7.98. The maximum atomic E-state index is 12.9. The normalized spacial score (nSPS) is 10.9. The highest BCUT2D eigenvalue weighted by atomic mass is 32.2. The molecule has 4 rings (SSSR count). The molecule has 4 aromatic rings. The maximum Gasteiger partial charge on any atom is 0.258 e. The van der Waals surface area contributed by atoms with E-state index in [1.165, 1.54) is 18.0 Å². The van der Waals surface area contributed by atoms with E-state index in [-0.39, 0.29) is 5.91 Å². The second-order valence-electron chi connectivity index (χ2n) is 7.16. The molecule has 2 aromatic heterocycles. The van der Waals surface area contributed by atoms with Crippen LogP contribution in [0, 0.1) is 19.1 Å². The Kier molecular flexibility index (Phi) is 5.68. The molecule has 0 radical (unpaired) electrons. The van der Waals surface area contributed by atoms with Crippen LogP contribution in [0.5, 0.6) is 0 Å². The third kappa shape index (κ3) is 4.28. The van der Waals surface area contributed by atoms with Crippen LogP contribution in [0.2, 0.25) is 0 Å². The number of amides is 1. The number of aryl methyl sites for hydroxylation is 2. The first-order valence-corrected chi connectivity index (χ1v) is 10.6. The first-order valence-electron chi connectivity index (χ1n) is 9.58. The van der Waals surface area contributed by atoms with E-state index < -0.39 is 0 Å². The van der Waals surface area contributed by atoms with Gasteiger partial charge in [-0.15, -0.1) is 11.8 Å². The van der Waals surface area contributed by atoms with Crippen molar-refractivity contribution in [2.45, 2.75) is 24.6 Å². The van der Waals surface area contributed by atoms with Crippen molar-refractivity contribution in [3.05, 3.63) is 101 Å². The van der Waals surface area contributed by atoms with Crippen LogP contribution in [-0.2, 0) is 5.75 Å². The number of benzene rings is 2. The minimum atomic E-state index is -0.189. The Morgan fingerprint density at radius 2 is 1.83 bits per heavy atom. The fourth-order valence-electron chi connectivity index (χ4n) is 3.46. The Hall–Kier alpha value is -3.38. The van der Waals surface area contributed by atoms with Crippen LogP contribution in [-0.4, -0.2) is 10.9 Å². The summed E-state index contributed by atoms with van der Waals surface area (Å²) in [6.45, 7) is 4.01. The zero-order valence-electron chi connectivity index (χ0n) is 16.8. The lowest BCUT2D eigenvalue weighted by atomic mass is 10.1. The summed E-state index contributed by atoms with van der Waals surface area (Å²) >= 11 is 1.48. The van der Waals surface area contributed by atoms with Crippen LogP contribution in [0.3, 0.4) is 0 Å². The van der Waals surface area contributed by atoms with Crippen molar-refractivity contribution in [3.8, 4) is 0 Å². The Labute approximate surface area is 179 Å². The van der Waals surface area contributed by atoms with Gasteiger partial charge in [-0.25, -0.2) is 4.98 Å². The number of hydrogen-bond donors (Lipinski definition) is 1. The van der Waals surface area contributed by atoms with Crippen LogP contribution in [0.1, 0.15) is 27.0 Å². The molecule has 0 fully saturated rings. The number of carbonyl (C=O) groups excluding carboxylic acids is 1. The molecule has 150 valence electrons. The van der Waals surface area contributed by atoms with Gasteiger partial charge in [-0.3, -0.25) is 4.79 Å². The van der Waals surface area contributed by atoms with Crippen molar-refractivity contribution in [1.82, 2.24) is 4.98 Å². The van der Waals surface area contributed by atoms with E-state index in [1.807, 2.05) is 50.2 Å². The van der Waals surface area contributed by atoms with Gasteiger partial charge in [0.15, 0.2) is 6.20 Å². The number of pyridine rings is 2. The van der Waals surface area contributed by atoms with Crippen LogP contribution < -0.4 is 10.0 Å². The van der Waals surface area contributed by atoms with Crippen LogP contribution in [0.4, 0.5) is 5.69 Å². The van der Waals surface area contributed by atoms with Crippen molar-refractivity contribution in [2.24, 2.45) is 0 Å². The number of nitrogens with one attached hydrogen (secondary N) is 1. The van der Waals surface area contributed by atoms with Gasteiger partial charge in [0, 0.05) is 29.8 Å². The molecule has 0 unspecified atom stereocenters. The van der Waals surface area contributed by atoms with Gasteiger partial charge in [0.1, 0.15) is 5.03 Å². The zero-order valence-corrected chi connectivity index (χ0v) is 17.6. The molecule has 0 aliphatic heterocycles. The smallest absolute Gasteiger partial charge is 0.258 e. The molecule has 2 heterocycles. The molecule has 0 saturated carbocycles. The summed E-state index contributed by atoms with van der Waals surface area (Å²) in [6, 6.07) is 18.8. The summed E-state index contributed by atoms with van der Waals surface area (Å²) in [5, 5.41) is 16.6. The number of rotatable bonds is 5. The van der Waals surface area contributed by atoms with Crippen molar-refractivity contribution in [2.75, 3.05) is 5.32 Å². The topological polar surface area (TPSA) is 68.9 Å². The standard InChI is InChI=1S/C24H21N3O2S/c1-16-12-17(2)14-19(13-16)26-23(28)21-7-5-10-25-24(21)30-15-18-9-11-27(29)22-8-4-3-6-20(18)22/h3-14H,15H2,1-2H3,(H,26,28). The van der Waals surface area contributed by atoms with Gasteiger partial charge in [0.25, 0.3) is 5.91 Å². The lowest BCUT2D eigenvalue weighted by Gasteiger charge is -2.11. The number of aromatic nitrogens is 2. The zero-order chi connectivity index (χ0) is 21.1. The molecule has 30 heavy (non-hydrogen) atoms. The molecule has 0 spiro atoms. The van der Waals surface area contributed by atoms with Crippen molar-refractivity contribution in [1.29, 1.82) is 0 Å². The van der Waals surface area contributed by atoms with Crippen LogP contribution in [0.25, 0.3) is 10.9 Å². The minimum Gasteiger partial charge on any atom is -0.618 e. The van der Waals surface area contributed by atoms with Crippen molar-refractivity contribution < 1.29 is 9.52 Å². The quantitative estimate of drug-likeness (QED) is 0.282. The van der Waals surface area contributed by atoms with Gasteiger partial charge in [-0.05, 0) is 60.9 Å². The van der Waals surface area contributed by atoms with Gasteiger partial charge in [0.2, 0.25) is 5.52 Å². The van der Waals surface area contributed by atoms with Crippen LogP contribution in [0.15, 0.2) is 78.1 Å². The molecule has 1 N–H and O–H groups in total. The molecule has 0 bridgehead atoms. The summed E-state index contributed by atoms with van der Waals surface area (Å²) in [5.41, 5.74) is 5.14. The third-order valence-corrected chi connectivity index (χ3v) is 5.81. The predicted octanol–water partition coefficient (Wildman–Crippen LogP) is 5.03. The molecule has 0 aliphatic carbocycles. The van der Waals surface area contributed by atoms with Crippen molar-refractivity contribution in [3.63, 3.8) is 0 Å². The Morgan fingerprint density at radius 1 is 1.07 bits per heavy atom. The van der Waals surface area contributed by atoms with E-state index in [0.717, 1.165) is 32.5 Å². The summed E-state index contributed by atoms with van der Waals surface area (Å²) in [7, 11) is 0. The Bertz CT molecular complexity index is 1220. The lowest BCUT2D eigenvalue weighted by molar-refractivity contribution is -0.577. The average molecular weight is 416 g/mol. The number of para-hydroxylation sites is 1. The molecule has 0 atom stereocenters. The monoisotopic (exact) mass is 415 g/mol. The number of nitrogens with zero attached hydrogens (tertiary/aromatic N) is 2. The first-order chi connectivity index (χ1) is 14.5.